The lowest BCUT2D eigenvalue weighted by Crippen LogP contribution is -2.31. The highest BCUT2D eigenvalue weighted by molar-refractivity contribution is 6.33. The third-order valence-corrected chi connectivity index (χ3v) is 3.05. The molecule has 1 aliphatic rings. The van der Waals surface area contributed by atoms with Crippen LogP contribution in [0.4, 0.5) is 5.69 Å². The van der Waals surface area contributed by atoms with Gasteiger partial charge >= 0.3 is 5.97 Å². The summed E-state index contributed by atoms with van der Waals surface area (Å²) < 4.78 is 0. The van der Waals surface area contributed by atoms with Crippen molar-refractivity contribution < 1.29 is 14.7 Å². The molecule has 1 aliphatic carbocycles. The van der Waals surface area contributed by atoms with Gasteiger partial charge in [-0.15, -0.1) is 0 Å². The molecule has 4 nitrogen and oxygen atoms in total. The van der Waals surface area contributed by atoms with E-state index in [1.54, 1.807) is 24.3 Å². The number of hydrogen-bond donors (Lipinski definition) is 2. The summed E-state index contributed by atoms with van der Waals surface area (Å²) in [6.07, 6.45) is 0.775. The summed E-state index contributed by atoms with van der Waals surface area (Å²) in [7, 11) is 0. The van der Waals surface area contributed by atoms with Crippen LogP contribution in [0.1, 0.15) is 12.8 Å². The second-order valence-electron chi connectivity index (χ2n) is 3.82. The van der Waals surface area contributed by atoms with Crippen LogP contribution in [-0.4, -0.2) is 17.0 Å². The fraction of sp³-hybridized carbons (Fsp3) is 0.273. The lowest BCUT2D eigenvalue weighted by Gasteiger charge is -2.11. The number of carboxylic acid groups (broad SMARTS) is 1. The van der Waals surface area contributed by atoms with Crippen molar-refractivity contribution in [1.29, 1.82) is 0 Å². The average molecular weight is 240 g/mol. The van der Waals surface area contributed by atoms with Crippen molar-refractivity contribution in [1.82, 2.24) is 0 Å². The third kappa shape index (κ3) is 1.76. The molecule has 1 aromatic rings. The monoisotopic (exact) mass is 239 g/mol. The SMILES string of the molecule is O=C(O)C1(C(=O)Nc2ccccc2Cl)CC1. The Hall–Kier alpha value is -1.55. The van der Waals surface area contributed by atoms with Crippen LogP contribution >= 0.6 is 11.6 Å². The number of benzene rings is 1. The molecule has 1 saturated carbocycles. The van der Waals surface area contributed by atoms with Crippen molar-refractivity contribution >= 4 is 29.2 Å². The summed E-state index contributed by atoms with van der Waals surface area (Å²) in [5.74, 6) is -1.56. The molecule has 0 saturated heterocycles. The first-order valence-electron chi connectivity index (χ1n) is 4.86. The van der Waals surface area contributed by atoms with Gasteiger partial charge in [-0.2, -0.15) is 0 Å². The van der Waals surface area contributed by atoms with E-state index in [2.05, 4.69) is 5.32 Å². The zero-order chi connectivity index (χ0) is 11.8. The number of amides is 1. The molecule has 2 N–H and O–H groups in total. The molecule has 0 atom stereocenters. The minimum absolute atomic E-state index is 0.388. The molecule has 5 heteroatoms. The number of carboxylic acids is 1. The Kier molecular flexibility index (Phi) is 2.59. The molecule has 0 aromatic heterocycles. The second-order valence-corrected chi connectivity index (χ2v) is 4.23. The fourth-order valence-corrected chi connectivity index (χ4v) is 1.65. The summed E-state index contributed by atoms with van der Waals surface area (Å²) in [5.41, 5.74) is -0.791. The minimum Gasteiger partial charge on any atom is -0.480 e. The standard InChI is InChI=1S/C11H10ClNO3/c12-7-3-1-2-4-8(7)13-9(14)11(5-6-11)10(15)16/h1-4H,5-6H2,(H,13,14)(H,15,16). The molecule has 0 spiro atoms. The van der Waals surface area contributed by atoms with Crippen LogP contribution in [0.3, 0.4) is 0 Å². The molecule has 84 valence electrons. The lowest BCUT2D eigenvalue weighted by molar-refractivity contribution is -0.147. The van der Waals surface area contributed by atoms with E-state index in [1.165, 1.54) is 0 Å². The number of nitrogens with one attached hydrogen (secondary N) is 1. The third-order valence-electron chi connectivity index (χ3n) is 2.72. The van der Waals surface area contributed by atoms with E-state index in [1.807, 2.05) is 0 Å². The van der Waals surface area contributed by atoms with Crippen LogP contribution < -0.4 is 5.32 Å². The maximum atomic E-state index is 11.7. The summed E-state index contributed by atoms with van der Waals surface area (Å²) in [6.45, 7) is 0. The second kappa shape index (κ2) is 3.79. The summed E-state index contributed by atoms with van der Waals surface area (Å²) >= 11 is 5.86. The molecule has 1 fully saturated rings. The maximum Gasteiger partial charge on any atom is 0.319 e. The number of para-hydroxylation sites is 1. The van der Waals surface area contributed by atoms with Gasteiger partial charge < -0.3 is 10.4 Å². The zero-order valence-corrected chi connectivity index (χ0v) is 9.12. The highest BCUT2D eigenvalue weighted by atomic mass is 35.5. The van der Waals surface area contributed by atoms with Gasteiger partial charge in [0.25, 0.3) is 0 Å². The van der Waals surface area contributed by atoms with Gasteiger partial charge in [0.15, 0.2) is 0 Å². The Morgan fingerprint density at radius 1 is 1.31 bits per heavy atom. The Balaban J connectivity index is 2.15. The van der Waals surface area contributed by atoms with Crippen molar-refractivity contribution in [2.24, 2.45) is 5.41 Å². The first-order chi connectivity index (χ1) is 7.56. The largest absolute Gasteiger partial charge is 0.480 e. The van der Waals surface area contributed by atoms with Crippen molar-refractivity contribution in [2.75, 3.05) is 5.32 Å². The molecule has 0 unspecified atom stereocenters. The predicted octanol–water partition coefficient (Wildman–Crippen LogP) is 2.14. The van der Waals surface area contributed by atoms with E-state index in [-0.39, 0.29) is 0 Å². The smallest absolute Gasteiger partial charge is 0.319 e. The first kappa shape index (κ1) is 11.0. The van der Waals surface area contributed by atoms with Crippen LogP contribution in [-0.2, 0) is 9.59 Å². The molecule has 0 bridgehead atoms. The Morgan fingerprint density at radius 2 is 1.94 bits per heavy atom. The molecular formula is C11H10ClNO3. The van der Waals surface area contributed by atoms with Crippen molar-refractivity contribution in [3.63, 3.8) is 0 Å². The van der Waals surface area contributed by atoms with Gasteiger partial charge in [0.05, 0.1) is 10.7 Å². The topological polar surface area (TPSA) is 66.4 Å². The Bertz CT molecular complexity index is 454. The summed E-state index contributed by atoms with van der Waals surface area (Å²) in [6, 6.07) is 6.74. The lowest BCUT2D eigenvalue weighted by atomic mass is 10.1. The number of rotatable bonds is 3. The first-order valence-corrected chi connectivity index (χ1v) is 5.23. The van der Waals surface area contributed by atoms with Gasteiger partial charge in [-0.1, -0.05) is 23.7 Å². The quantitative estimate of drug-likeness (QED) is 0.795. The zero-order valence-electron chi connectivity index (χ0n) is 8.37. The van der Waals surface area contributed by atoms with Gasteiger partial charge in [0, 0.05) is 0 Å². The van der Waals surface area contributed by atoms with Gasteiger partial charge in [0.1, 0.15) is 5.41 Å². The van der Waals surface area contributed by atoms with Crippen LogP contribution in [0.2, 0.25) is 5.02 Å². The van der Waals surface area contributed by atoms with Crippen molar-refractivity contribution in [3.05, 3.63) is 29.3 Å². The fourth-order valence-electron chi connectivity index (χ4n) is 1.47. The molecule has 0 heterocycles. The van der Waals surface area contributed by atoms with E-state index >= 15 is 0 Å². The van der Waals surface area contributed by atoms with E-state index in [9.17, 15) is 9.59 Å². The molecule has 2 rings (SSSR count). The molecular weight excluding hydrogens is 230 g/mol. The molecule has 1 aromatic carbocycles. The van der Waals surface area contributed by atoms with Gasteiger partial charge in [-0.3, -0.25) is 9.59 Å². The predicted molar refractivity (Wildman–Crippen MR) is 59.4 cm³/mol. The molecule has 0 radical (unpaired) electrons. The van der Waals surface area contributed by atoms with Crippen molar-refractivity contribution in [2.45, 2.75) is 12.8 Å². The minimum atomic E-state index is -1.24. The van der Waals surface area contributed by atoms with E-state index in [4.69, 9.17) is 16.7 Å². The van der Waals surface area contributed by atoms with Gasteiger partial charge in [-0.25, -0.2) is 0 Å². The average Bonchev–Trinajstić information content (AvgIpc) is 3.02. The Labute approximate surface area is 97.2 Å². The number of halogens is 1. The number of carbonyl (C=O) groups excluding carboxylic acids is 1. The summed E-state index contributed by atoms with van der Waals surface area (Å²) in [5, 5.41) is 11.9. The van der Waals surface area contributed by atoms with Crippen LogP contribution in [0.5, 0.6) is 0 Å². The molecule has 16 heavy (non-hydrogen) atoms. The highest BCUT2D eigenvalue weighted by Crippen LogP contribution is 2.47. The number of hydrogen-bond acceptors (Lipinski definition) is 2. The van der Waals surface area contributed by atoms with E-state index in [0.29, 0.717) is 23.6 Å². The van der Waals surface area contributed by atoms with Gasteiger partial charge in [0.2, 0.25) is 5.91 Å². The van der Waals surface area contributed by atoms with Gasteiger partial charge in [-0.05, 0) is 25.0 Å². The van der Waals surface area contributed by atoms with Crippen LogP contribution in [0, 0.1) is 5.41 Å². The van der Waals surface area contributed by atoms with Crippen LogP contribution in [0.25, 0.3) is 0 Å². The van der Waals surface area contributed by atoms with Crippen LogP contribution in [0.15, 0.2) is 24.3 Å². The Morgan fingerprint density at radius 3 is 2.44 bits per heavy atom. The highest BCUT2D eigenvalue weighted by Gasteiger charge is 2.57. The number of carbonyl (C=O) groups is 2. The normalized spacial score (nSPS) is 16.6. The molecule has 0 aliphatic heterocycles. The van der Waals surface area contributed by atoms with E-state index < -0.39 is 17.3 Å². The summed E-state index contributed by atoms with van der Waals surface area (Å²) in [4.78, 5) is 22.6. The number of anilines is 1. The van der Waals surface area contributed by atoms with E-state index in [0.717, 1.165) is 0 Å². The maximum absolute atomic E-state index is 11.7. The molecule has 1 amide bonds. The number of aliphatic carboxylic acids is 1. The van der Waals surface area contributed by atoms with Crippen molar-refractivity contribution in [3.8, 4) is 0 Å².